The molecule has 118 valence electrons. The number of furan rings is 1. The van der Waals surface area contributed by atoms with Crippen LogP contribution in [0.2, 0.25) is 0 Å². The highest BCUT2D eigenvalue weighted by Gasteiger charge is 2.17. The first kappa shape index (κ1) is 15.0. The van der Waals surface area contributed by atoms with Crippen molar-refractivity contribution < 1.29 is 9.21 Å². The summed E-state index contributed by atoms with van der Waals surface area (Å²) in [6.07, 6.45) is 5.92. The maximum absolute atomic E-state index is 12.5. The van der Waals surface area contributed by atoms with Gasteiger partial charge in [-0.1, -0.05) is 13.0 Å². The number of rotatable bonds is 6. The number of aryl methyl sites for hydroxylation is 1. The smallest absolute Gasteiger partial charge is 0.269 e. The molecule has 0 bridgehead atoms. The Kier molecular flexibility index (Phi) is 4.52. The predicted octanol–water partition coefficient (Wildman–Crippen LogP) is 2.88. The lowest BCUT2D eigenvalue weighted by Gasteiger charge is -2.07. The third-order valence-electron chi connectivity index (χ3n) is 3.40. The van der Waals surface area contributed by atoms with Crippen LogP contribution in [0.1, 0.15) is 29.4 Å². The highest BCUT2D eigenvalue weighted by Crippen LogP contribution is 2.20. The molecule has 3 heterocycles. The Morgan fingerprint density at radius 2 is 2.26 bits per heavy atom. The molecule has 6 nitrogen and oxygen atoms in total. The standard InChI is InChI=1S/C17H18N4O2/c1-2-8-21-15(10-14(20-21)16-6-4-9-23-16)17(22)19-12-13-5-3-7-18-11-13/h3-7,9-11H,2,8,12H2,1H3,(H,19,22). The molecule has 3 rings (SSSR count). The van der Waals surface area contributed by atoms with E-state index in [1.165, 1.54) is 0 Å². The highest BCUT2D eigenvalue weighted by molar-refractivity contribution is 5.93. The molecule has 6 heteroatoms. The number of hydrogen-bond donors (Lipinski definition) is 1. The third-order valence-corrected chi connectivity index (χ3v) is 3.40. The van der Waals surface area contributed by atoms with Crippen LogP contribution in [-0.4, -0.2) is 20.7 Å². The van der Waals surface area contributed by atoms with Gasteiger partial charge in [0.2, 0.25) is 0 Å². The van der Waals surface area contributed by atoms with Crippen LogP contribution in [0.15, 0.2) is 53.4 Å². The van der Waals surface area contributed by atoms with Crippen LogP contribution in [0.5, 0.6) is 0 Å². The minimum Gasteiger partial charge on any atom is -0.463 e. The minimum atomic E-state index is -0.160. The van der Waals surface area contributed by atoms with E-state index < -0.39 is 0 Å². The van der Waals surface area contributed by atoms with Gasteiger partial charge < -0.3 is 9.73 Å². The molecule has 0 saturated carbocycles. The minimum absolute atomic E-state index is 0.160. The van der Waals surface area contributed by atoms with E-state index in [0.29, 0.717) is 30.2 Å². The van der Waals surface area contributed by atoms with Gasteiger partial charge in [0.05, 0.1) is 6.26 Å². The lowest BCUT2D eigenvalue weighted by Crippen LogP contribution is -2.25. The normalized spacial score (nSPS) is 10.7. The average molecular weight is 310 g/mol. The zero-order valence-electron chi connectivity index (χ0n) is 12.9. The Labute approximate surface area is 134 Å². The van der Waals surface area contributed by atoms with Gasteiger partial charge >= 0.3 is 0 Å². The van der Waals surface area contributed by atoms with Gasteiger partial charge in [-0.2, -0.15) is 5.10 Å². The Balaban J connectivity index is 1.78. The third kappa shape index (κ3) is 3.48. The summed E-state index contributed by atoms with van der Waals surface area (Å²) in [5, 5.41) is 7.37. The number of aromatic nitrogens is 3. The lowest BCUT2D eigenvalue weighted by atomic mass is 10.2. The van der Waals surface area contributed by atoms with Gasteiger partial charge in [-0.25, -0.2) is 0 Å². The first-order chi connectivity index (χ1) is 11.3. The number of carbonyl (C=O) groups is 1. The highest BCUT2D eigenvalue weighted by atomic mass is 16.3. The second-order valence-electron chi connectivity index (χ2n) is 5.16. The number of pyridine rings is 1. The van der Waals surface area contributed by atoms with E-state index in [9.17, 15) is 4.79 Å². The monoisotopic (exact) mass is 310 g/mol. The fourth-order valence-corrected chi connectivity index (χ4v) is 2.30. The van der Waals surface area contributed by atoms with Gasteiger partial charge in [0.25, 0.3) is 5.91 Å². The number of nitrogens with zero attached hydrogens (tertiary/aromatic N) is 3. The summed E-state index contributed by atoms with van der Waals surface area (Å²) >= 11 is 0. The molecular formula is C17H18N4O2. The Morgan fingerprint density at radius 3 is 2.96 bits per heavy atom. The van der Waals surface area contributed by atoms with Crippen molar-refractivity contribution >= 4 is 5.91 Å². The fourth-order valence-electron chi connectivity index (χ4n) is 2.30. The van der Waals surface area contributed by atoms with Crippen molar-refractivity contribution in [1.29, 1.82) is 0 Å². The molecule has 23 heavy (non-hydrogen) atoms. The van der Waals surface area contributed by atoms with Crippen molar-refractivity contribution in [2.24, 2.45) is 0 Å². The van der Waals surface area contributed by atoms with E-state index in [4.69, 9.17) is 4.42 Å². The summed E-state index contributed by atoms with van der Waals surface area (Å²) in [5.41, 5.74) is 2.14. The van der Waals surface area contributed by atoms with Crippen LogP contribution in [0.25, 0.3) is 11.5 Å². The average Bonchev–Trinajstić information content (AvgIpc) is 3.23. The van der Waals surface area contributed by atoms with Crippen LogP contribution in [0, 0.1) is 0 Å². The van der Waals surface area contributed by atoms with Crippen molar-refractivity contribution in [1.82, 2.24) is 20.1 Å². The molecule has 0 saturated heterocycles. The van der Waals surface area contributed by atoms with E-state index in [0.717, 1.165) is 12.0 Å². The van der Waals surface area contributed by atoms with Gasteiger partial charge in [-0.05, 0) is 30.2 Å². The van der Waals surface area contributed by atoms with Crippen molar-refractivity contribution in [2.45, 2.75) is 26.4 Å². The molecular weight excluding hydrogens is 292 g/mol. The summed E-state index contributed by atoms with van der Waals surface area (Å²) in [6, 6.07) is 9.15. The molecule has 0 radical (unpaired) electrons. The number of amides is 1. The second kappa shape index (κ2) is 6.91. The summed E-state index contributed by atoms with van der Waals surface area (Å²) < 4.78 is 7.08. The van der Waals surface area contributed by atoms with E-state index in [-0.39, 0.29) is 5.91 Å². The molecule has 0 atom stereocenters. The second-order valence-corrected chi connectivity index (χ2v) is 5.16. The lowest BCUT2D eigenvalue weighted by molar-refractivity contribution is 0.0940. The molecule has 0 aromatic carbocycles. The maximum atomic E-state index is 12.5. The van der Waals surface area contributed by atoms with E-state index >= 15 is 0 Å². The summed E-state index contributed by atoms with van der Waals surface area (Å²) in [5.74, 6) is 0.494. The van der Waals surface area contributed by atoms with Crippen LogP contribution < -0.4 is 5.32 Å². The first-order valence-electron chi connectivity index (χ1n) is 7.56. The molecule has 3 aromatic heterocycles. The quantitative estimate of drug-likeness (QED) is 0.760. The van der Waals surface area contributed by atoms with Gasteiger partial charge in [0.15, 0.2) is 5.76 Å². The Morgan fingerprint density at radius 1 is 1.35 bits per heavy atom. The Bertz CT molecular complexity index is 763. The number of hydrogen-bond acceptors (Lipinski definition) is 4. The van der Waals surface area contributed by atoms with Crippen LogP contribution in [0.3, 0.4) is 0 Å². The van der Waals surface area contributed by atoms with Crippen LogP contribution >= 0.6 is 0 Å². The van der Waals surface area contributed by atoms with E-state index in [1.54, 1.807) is 35.5 Å². The summed E-state index contributed by atoms with van der Waals surface area (Å²) in [7, 11) is 0. The SMILES string of the molecule is CCCn1nc(-c2ccco2)cc1C(=O)NCc1cccnc1. The molecule has 1 amide bonds. The van der Waals surface area contributed by atoms with E-state index in [1.807, 2.05) is 25.1 Å². The van der Waals surface area contributed by atoms with Gasteiger partial charge in [-0.15, -0.1) is 0 Å². The van der Waals surface area contributed by atoms with Gasteiger partial charge in [0.1, 0.15) is 11.4 Å². The molecule has 0 aliphatic heterocycles. The van der Waals surface area contributed by atoms with Crippen LogP contribution in [0.4, 0.5) is 0 Å². The molecule has 0 spiro atoms. The summed E-state index contributed by atoms with van der Waals surface area (Å²) in [6.45, 7) is 3.15. The van der Waals surface area contributed by atoms with Gasteiger partial charge in [0, 0.05) is 31.5 Å². The molecule has 0 aliphatic rings. The largest absolute Gasteiger partial charge is 0.463 e. The topological polar surface area (TPSA) is 73.0 Å². The van der Waals surface area contributed by atoms with Gasteiger partial charge in [-0.3, -0.25) is 14.5 Å². The van der Waals surface area contributed by atoms with E-state index in [2.05, 4.69) is 15.4 Å². The Hall–Kier alpha value is -2.89. The molecule has 0 aliphatic carbocycles. The number of carbonyl (C=O) groups excluding carboxylic acids is 1. The first-order valence-corrected chi connectivity index (χ1v) is 7.56. The number of nitrogens with one attached hydrogen (secondary N) is 1. The van der Waals surface area contributed by atoms with Crippen molar-refractivity contribution in [3.8, 4) is 11.5 Å². The zero-order valence-corrected chi connectivity index (χ0v) is 12.9. The van der Waals surface area contributed by atoms with Crippen molar-refractivity contribution in [3.63, 3.8) is 0 Å². The predicted molar refractivity (Wildman–Crippen MR) is 85.6 cm³/mol. The molecule has 3 aromatic rings. The van der Waals surface area contributed by atoms with Crippen molar-refractivity contribution in [3.05, 3.63) is 60.2 Å². The maximum Gasteiger partial charge on any atom is 0.269 e. The zero-order chi connectivity index (χ0) is 16.1. The van der Waals surface area contributed by atoms with Crippen LogP contribution in [-0.2, 0) is 13.1 Å². The molecule has 1 N–H and O–H groups in total. The fraction of sp³-hybridized carbons (Fsp3) is 0.235. The summed E-state index contributed by atoms with van der Waals surface area (Å²) in [4.78, 5) is 16.5. The molecule has 0 unspecified atom stereocenters. The van der Waals surface area contributed by atoms with Crippen molar-refractivity contribution in [2.75, 3.05) is 0 Å². The molecule has 0 fully saturated rings.